The summed E-state index contributed by atoms with van der Waals surface area (Å²) < 4.78 is 18.3. The van der Waals surface area contributed by atoms with Crippen LogP contribution < -0.4 is 0 Å². The van der Waals surface area contributed by atoms with Gasteiger partial charge in [-0.25, -0.2) is 4.39 Å². The maximum absolute atomic E-state index is 12.9. The van der Waals surface area contributed by atoms with Gasteiger partial charge >= 0.3 is 0 Å². The lowest BCUT2D eigenvalue weighted by atomic mass is 10.2. The van der Waals surface area contributed by atoms with Gasteiger partial charge in [0.2, 0.25) is 0 Å². The van der Waals surface area contributed by atoms with Crippen molar-refractivity contribution < 1.29 is 14.2 Å². The van der Waals surface area contributed by atoms with Gasteiger partial charge in [-0.1, -0.05) is 30.3 Å². The fourth-order valence-corrected chi connectivity index (χ4v) is 1.74. The third-order valence-electron chi connectivity index (χ3n) is 2.86. The molecule has 0 saturated heterocycles. The van der Waals surface area contributed by atoms with Gasteiger partial charge in [-0.05, 0) is 5.56 Å². The Kier molecular flexibility index (Phi) is 3.34. The van der Waals surface area contributed by atoms with E-state index >= 15 is 0 Å². The van der Waals surface area contributed by atoms with E-state index in [1.165, 1.54) is 0 Å². The molecule has 1 aliphatic rings. The van der Waals surface area contributed by atoms with Crippen molar-refractivity contribution in [1.29, 1.82) is 0 Å². The van der Waals surface area contributed by atoms with E-state index in [1.807, 2.05) is 30.3 Å². The number of aliphatic hydroxyl groups is 1. The number of hydrogen-bond acceptors (Lipinski definition) is 2. The molecule has 1 N–H and O–H groups in total. The normalized spacial score (nSPS) is 29.1. The summed E-state index contributed by atoms with van der Waals surface area (Å²) in [6.07, 6.45) is -0.870. The molecule has 1 aromatic carbocycles. The summed E-state index contributed by atoms with van der Waals surface area (Å²) in [6, 6.07) is 9.80. The van der Waals surface area contributed by atoms with E-state index in [4.69, 9.17) is 9.84 Å². The molecule has 3 heteroatoms. The van der Waals surface area contributed by atoms with Gasteiger partial charge in [-0.2, -0.15) is 0 Å². The van der Waals surface area contributed by atoms with Crippen molar-refractivity contribution in [3.63, 3.8) is 0 Å². The van der Waals surface area contributed by atoms with E-state index in [2.05, 4.69) is 0 Å². The van der Waals surface area contributed by atoms with Crippen molar-refractivity contribution in [3.8, 4) is 0 Å². The highest BCUT2D eigenvalue weighted by molar-refractivity contribution is 5.13. The fourth-order valence-electron chi connectivity index (χ4n) is 1.74. The van der Waals surface area contributed by atoms with Gasteiger partial charge in [0.1, 0.15) is 6.17 Å². The van der Waals surface area contributed by atoms with Gasteiger partial charge in [0.15, 0.2) is 0 Å². The molecule has 0 bridgehead atoms. The molecule has 82 valence electrons. The van der Waals surface area contributed by atoms with Crippen molar-refractivity contribution >= 4 is 0 Å². The van der Waals surface area contributed by atoms with Gasteiger partial charge in [0.25, 0.3) is 0 Å². The van der Waals surface area contributed by atoms with Gasteiger partial charge in [0.05, 0.1) is 13.2 Å². The van der Waals surface area contributed by atoms with Gasteiger partial charge in [-0.15, -0.1) is 0 Å². The number of rotatable bonds is 5. The van der Waals surface area contributed by atoms with Crippen LogP contribution in [0.5, 0.6) is 0 Å². The SMILES string of the molecule is OC[C@H]1[C@H](F)[C@@H]1COCc1ccccc1. The van der Waals surface area contributed by atoms with Crippen molar-refractivity contribution in [2.45, 2.75) is 12.8 Å². The maximum Gasteiger partial charge on any atom is 0.111 e. The molecule has 0 spiro atoms. The van der Waals surface area contributed by atoms with Crippen LogP contribution in [0, 0.1) is 11.8 Å². The maximum atomic E-state index is 12.9. The number of benzene rings is 1. The smallest absolute Gasteiger partial charge is 0.111 e. The van der Waals surface area contributed by atoms with Crippen LogP contribution in [-0.2, 0) is 11.3 Å². The second-order valence-electron chi connectivity index (χ2n) is 3.96. The Balaban J connectivity index is 1.68. The average Bonchev–Trinajstić information content (AvgIpc) is 2.90. The predicted molar refractivity (Wildman–Crippen MR) is 55.1 cm³/mol. The van der Waals surface area contributed by atoms with Crippen LogP contribution in [0.15, 0.2) is 30.3 Å². The summed E-state index contributed by atoms with van der Waals surface area (Å²) in [5.41, 5.74) is 1.09. The van der Waals surface area contributed by atoms with Crippen molar-refractivity contribution in [3.05, 3.63) is 35.9 Å². The average molecular weight is 210 g/mol. The molecule has 2 nitrogen and oxygen atoms in total. The lowest BCUT2D eigenvalue weighted by molar-refractivity contribution is 0.101. The molecule has 15 heavy (non-hydrogen) atoms. The van der Waals surface area contributed by atoms with Crippen molar-refractivity contribution in [2.75, 3.05) is 13.2 Å². The molecule has 0 aliphatic heterocycles. The molecule has 0 aromatic heterocycles. The second kappa shape index (κ2) is 4.73. The number of halogens is 1. The summed E-state index contributed by atoms with van der Waals surface area (Å²) in [5, 5.41) is 8.77. The number of hydrogen-bond donors (Lipinski definition) is 1. The largest absolute Gasteiger partial charge is 0.396 e. The van der Waals surface area contributed by atoms with E-state index in [0.717, 1.165) is 5.56 Å². The molecule has 0 radical (unpaired) electrons. The van der Waals surface area contributed by atoms with Crippen LogP contribution in [0.3, 0.4) is 0 Å². The zero-order valence-electron chi connectivity index (χ0n) is 8.47. The zero-order chi connectivity index (χ0) is 10.7. The minimum absolute atomic E-state index is 0.0689. The summed E-state index contributed by atoms with van der Waals surface area (Å²) in [6.45, 7) is 0.851. The topological polar surface area (TPSA) is 29.5 Å². The molecule has 2 rings (SSSR count). The van der Waals surface area contributed by atoms with E-state index < -0.39 is 6.17 Å². The summed E-state index contributed by atoms with van der Waals surface area (Å²) in [7, 11) is 0. The van der Waals surface area contributed by atoms with Gasteiger partial charge in [-0.3, -0.25) is 0 Å². The lowest BCUT2D eigenvalue weighted by Gasteiger charge is -2.02. The first-order valence-electron chi connectivity index (χ1n) is 5.19. The van der Waals surface area contributed by atoms with E-state index in [0.29, 0.717) is 13.2 Å². The molecule has 1 aliphatic carbocycles. The molecular weight excluding hydrogens is 195 g/mol. The van der Waals surface area contributed by atoms with E-state index in [1.54, 1.807) is 0 Å². The zero-order valence-corrected chi connectivity index (χ0v) is 8.47. The predicted octanol–water partition coefficient (Wildman–Crippen LogP) is 1.78. The molecule has 3 atom stereocenters. The Hall–Kier alpha value is -0.930. The first-order valence-corrected chi connectivity index (χ1v) is 5.19. The highest BCUT2D eigenvalue weighted by Gasteiger charge is 2.50. The first-order chi connectivity index (χ1) is 7.33. The minimum atomic E-state index is -0.870. The molecular formula is C12H15FO2. The fraction of sp³-hybridized carbons (Fsp3) is 0.500. The Bertz CT molecular complexity index is 302. The summed E-state index contributed by atoms with van der Waals surface area (Å²) >= 11 is 0. The molecule has 0 unspecified atom stereocenters. The van der Waals surface area contributed by atoms with Gasteiger partial charge < -0.3 is 9.84 Å². The summed E-state index contributed by atoms with van der Waals surface area (Å²) in [5.74, 6) is -0.292. The standard InChI is InChI=1S/C12H15FO2/c13-12-10(6-14)11(12)8-15-7-9-4-2-1-3-5-9/h1-5,10-12,14H,6-8H2/t10-,11-,12+/m1/s1. The monoisotopic (exact) mass is 210 g/mol. The molecule has 0 heterocycles. The highest BCUT2D eigenvalue weighted by atomic mass is 19.1. The third kappa shape index (κ3) is 2.55. The third-order valence-corrected chi connectivity index (χ3v) is 2.86. The molecule has 1 aromatic rings. The molecule has 1 fully saturated rings. The Labute approximate surface area is 88.7 Å². The lowest BCUT2D eigenvalue weighted by Crippen LogP contribution is -2.00. The van der Waals surface area contributed by atoms with Crippen molar-refractivity contribution in [1.82, 2.24) is 0 Å². The van der Waals surface area contributed by atoms with Crippen LogP contribution >= 0.6 is 0 Å². The summed E-state index contributed by atoms with van der Waals surface area (Å²) in [4.78, 5) is 0. The minimum Gasteiger partial charge on any atom is -0.396 e. The van der Waals surface area contributed by atoms with Crippen LogP contribution in [0.4, 0.5) is 4.39 Å². The quantitative estimate of drug-likeness (QED) is 0.802. The van der Waals surface area contributed by atoms with Crippen LogP contribution in [-0.4, -0.2) is 24.5 Å². The van der Waals surface area contributed by atoms with Gasteiger partial charge in [0, 0.05) is 18.4 Å². The van der Waals surface area contributed by atoms with E-state index in [9.17, 15) is 4.39 Å². The number of aliphatic hydroxyl groups excluding tert-OH is 1. The Morgan fingerprint density at radius 2 is 1.93 bits per heavy atom. The number of alkyl halides is 1. The second-order valence-corrected chi connectivity index (χ2v) is 3.96. The molecule has 1 saturated carbocycles. The molecule has 0 amide bonds. The highest BCUT2D eigenvalue weighted by Crippen LogP contribution is 2.41. The first kappa shape index (κ1) is 10.6. The van der Waals surface area contributed by atoms with Crippen LogP contribution in [0.2, 0.25) is 0 Å². The van der Waals surface area contributed by atoms with Crippen molar-refractivity contribution in [2.24, 2.45) is 11.8 Å². The van der Waals surface area contributed by atoms with Crippen LogP contribution in [0.1, 0.15) is 5.56 Å². The Morgan fingerprint density at radius 1 is 1.20 bits per heavy atom. The van der Waals surface area contributed by atoms with E-state index in [-0.39, 0.29) is 18.4 Å². The number of ether oxygens (including phenoxy) is 1. The van der Waals surface area contributed by atoms with Crippen LogP contribution in [0.25, 0.3) is 0 Å². The Morgan fingerprint density at radius 3 is 2.53 bits per heavy atom.